The van der Waals surface area contributed by atoms with Crippen molar-refractivity contribution < 1.29 is 9.53 Å². The second-order valence-corrected chi connectivity index (χ2v) is 8.66. The van der Waals surface area contributed by atoms with Gasteiger partial charge in [0.15, 0.2) is 0 Å². The molecule has 0 saturated carbocycles. The quantitative estimate of drug-likeness (QED) is 0.436. The van der Waals surface area contributed by atoms with E-state index < -0.39 is 11.7 Å². The molecule has 4 aromatic rings. The van der Waals surface area contributed by atoms with Crippen molar-refractivity contribution in [1.82, 2.24) is 14.5 Å². The average molecular weight is 415 g/mol. The third-order valence-corrected chi connectivity index (χ3v) is 4.90. The van der Waals surface area contributed by atoms with Crippen LogP contribution in [0.2, 0.25) is 0 Å². The van der Waals surface area contributed by atoms with E-state index in [4.69, 9.17) is 4.74 Å². The number of hydrogen-bond acceptors (Lipinski definition) is 5. The van der Waals surface area contributed by atoms with Gasteiger partial charge >= 0.3 is 6.09 Å². The minimum atomic E-state index is -0.595. The van der Waals surface area contributed by atoms with E-state index in [1.165, 1.54) is 0 Å². The molecule has 0 bridgehead atoms. The van der Waals surface area contributed by atoms with Gasteiger partial charge in [-0.2, -0.15) is 0 Å². The van der Waals surface area contributed by atoms with Crippen LogP contribution in [0.15, 0.2) is 67.1 Å². The Kier molecular flexibility index (Phi) is 5.23. The van der Waals surface area contributed by atoms with Gasteiger partial charge in [-0.05, 0) is 56.2 Å². The summed E-state index contributed by atoms with van der Waals surface area (Å²) < 4.78 is 7.25. The molecule has 0 aliphatic carbocycles. The molecule has 3 heterocycles. The third kappa shape index (κ3) is 4.28. The van der Waals surface area contributed by atoms with Crippen LogP contribution in [0.25, 0.3) is 33.3 Å². The Balaban J connectivity index is 1.73. The summed E-state index contributed by atoms with van der Waals surface area (Å²) in [6, 6.07) is 16.0. The summed E-state index contributed by atoms with van der Waals surface area (Å²) in [5.74, 6) is 0.913. The molecule has 0 unspecified atom stereocenters. The van der Waals surface area contributed by atoms with Gasteiger partial charge < -0.3 is 9.64 Å². The lowest BCUT2D eigenvalue weighted by Gasteiger charge is -2.21. The van der Waals surface area contributed by atoms with E-state index in [1.54, 1.807) is 17.0 Å². The molecule has 0 N–H and O–H groups in total. The molecule has 0 radical (unpaired) electrons. The molecule has 1 aromatic carbocycles. The standard InChI is InChI=1S/C25H26N4O2/c1-25(2,3)31-24(30)29-21(14-19-12-13-26-16-22(19)29)18-8-6-17(7-9-18)20-10-11-23(27-15-20)28(4)5/h6-16H,1-5H3. The largest absolute Gasteiger partial charge is 0.443 e. The summed E-state index contributed by atoms with van der Waals surface area (Å²) in [7, 11) is 3.94. The summed E-state index contributed by atoms with van der Waals surface area (Å²) in [6.45, 7) is 5.58. The fraction of sp³-hybridized carbons (Fsp3) is 0.240. The summed E-state index contributed by atoms with van der Waals surface area (Å²) in [5.41, 5.74) is 3.91. The number of fused-ring (bicyclic) bond motifs is 1. The Labute approximate surface area is 182 Å². The first-order chi connectivity index (χ1) is 14.7. The van der Waals surface area contributed by atoms with Crippen LogP contribution in [0.1, 0.15) is 20.8 Å². The summed E-state index contributed by atoms with van der Waals surface area (Å²) in [6.07, 6.45) is 4.86. The zero-order chi connectivity index (χ0) is 22.2. The van der Waals surface area contributed by atoms with Crippen LogP contribution in [0, 0.1) is 0 Å². The van der Waals surface area contributed by atoms with Gasteiger partial charge in [0.05, 0.1) is 17.4 Å². The molecule has 31 heavy (non-hydrogen) atoms. The van der Waals surface area contributed by atoms with Crippen LogP contribution in [0.4, 0.5) is 10.6 Å². The van der Waals surface area contributed by atoms with Gasteiger partial charge in [0.25, 0.3) is 0 Å². The Morgan fingerprint density at radius 2 is 1.61 bits per heavy atom. The minimum absolute atomic E-state index is 0.418. The van der Waals surface area contributed by atoms with Crippen molar-refractivity contribution in [1.29, 1.82) is 0 Å². The predicted octanol–water partition coefficient (Wildman–Crippen LogP) is 5.61. The fourth-order valence-corrected chi connectivity index (χ4v) is 3.42. The summed E-state index contributed by atoms with van der Waals surface area (Å²) in [5, 5.41) is 0.934. The van der Waals surface area contributed by atoms with Crippen LogP contribution in [0.3, 0.4) is 0 Å². The van der Waals surface area contributed by atoms with Gasteiger partial charge in [-0.25, -0.2) is 14.3 Å². The molecule has 0 aliphatic rings. The smallest absolute Gasteiger partial charge is 0.419 e. The number of benzene rings is 1. The maximum atomic E-state index is 13.0. The zero-order valence-corrected chi connectivity index (χ0v) is 18.5. The number of carbonyl (C=O) groups excluding carboxylic acids is 1. The Morgan fingerprint density at radius 3 is 2.23 bits per heavy atom. The van der Waals surface area contributed by atoms with Crippen molar-refractivity contribution in [2.45, 2.75) is 26.4 Å². The highest BCUT2D eigenvalue weighted by atomic mass is 16.6. The number of carbonyl (C=O) groups is 1. The van der Waals surface area contributed by atoms with Gasteiger partial charge in [0.2, 0.25) is 0 Å². The van der Waals surface area contributed by atoms with E-state index in [-0.39, 0.29) is 0 Å². The number of aromatic nitrogens is 3. The molecule has 0 saturated heterocycles. The van der Waals surface area contributed by atoms with Crippen LogP contribution < -0.4 is 4.90 Å². The summed E-state index contributed by atoms with van der Waals surface area (Å²) in [4.78, 5) is 23.7. The molecule has 3 aromatic heterocycles. The first kappa shape index (κ1) is 20.6. The maximum Gasteiger partial charge on any atom is 0.419 e. The summed E-state index contributed by atoms with van der Waals surface area (Å²) >= 11 is 0. The molecule has 0 fully saturated rings. The van der Waals surface area contributed by atoms with Crippen LogP contribution >= 0.6 is 0 Å². The molecule has 0 spiro atoms. The third-order valence-electron chi connectivity index (χ3n) is 4.90. The SMILES string of the molecule is CN(C)c1ccc(-c2ccc(-c3cc4ccncc4n3C(=O)OC(C)(C)C)cc2)cn1. The molecule has 6 nitrogen and oxygen atoms in total. The van der Waals surface area contributed by atoms with Crippen molar-refractivity contribution in [2.24, 2.45) is 0 Å². The number of rotatable bonds is 3. The molecule has 4 rings (SSSR count). The van der Waals surface area contributed by atoms with Crippen molar-refractivity contribution >= 4 is 22.8 Å². The van der Waals surface area contributed by atoms with Crippen LogP contribution in [-0.2, 0) is 4.74 Å². The molecular formula is C25H26N4O2. The lowest BCUT2D eigenvalue weighted by atomic mass is 10.0. The minimum Gasteiger partial charge on any atom is -0.443 e. The van der Waals surface area contributed by atoms with Crippen molar-refractivity contribution in [2.75, 3.05) is 19.0 Å². The van der Waals surface area contributed by atoms with Gasteiger partial charge in [0, 0.05) is 37.4 Å². The Bertz CT molecular complexity index is 1220. The van der Waals surface area contributed by atoms with Crippen LogP contribution in [0.5, 0.6) is 0 Å². The van der Waals surface area contributed by atoms with E-state index in [2.05, 4.69) is 16.0 Å². The highest BCUT2D eigenvalue weighted by Gasteiger charge is 2.23. The highest BCUT2D eigenvalue weighted by Crippen LogP contribution is 2.31. The highest BCUT2D eigenvalue weighted by molar-refractivity contribution is 5.96. The molecule has 158 valence electrons. The number of pyridine rings is 2. The lowest BCUT2D eigenvalue weighted by Crippen LogP contribution is -2.27. The van der Waals surface area contributed by atoms with Gasteiger partial charge in [-0.1, -0.05) is 24.3 Å². The molecular weight excluding hydrogens is 388 g/mol. The van der Waals surface area contributed by atoms with Gasteiger partial charge in [-0.3, -0.25) is 4.98 Å². The zero-order valence-electron chi connectivity index (χ0n) is 18.5. The van der Waals surface area contributed by atoms with E-state index in [0.29, 0.717) is 0 Å². The van der Waals surface area contributed by atoms with E-state index in [0.717, 1.165) is 39.1 Å². The predicted molar refractivity (Wildman–Crippen MR) is 124 cm³/mol. The Morgan fingerprint density at radius 1 is 0.935 bits per heavy atom. The molecule has 0 aliphatic heterocycles. The van der Waals surface area contributed by atoms with E-state index >= 15 is 0 Å². The lowest BCUT2D eigenvalue weighted by molar-refractivity contribution is 0.0547. The van der Waals surface area contributed by atoms with Gasteiger partial charge in [-0.15, -0.1) is 0 Å². The normalized spacial score (nSPS) is 11.5. The fourth-order valence-electron chi connectivity index (χ4n) is 3.42. The first-order valence-electron chi connectivity index (χ1n) is 10.2. The van der Waals surface area contributed by atoms with Crippen molar-refractivity contribution in [3.05, 3.63) is 67.1 Å². The number of hydrogen-bond donors (Lipinski definition) is 0. The second-order valence-electron chi connectivity index (χ2n) is 8.66. The topological polar surface area (TPSA) is 60.2 Å². The molecule has 0 atom stereocenters. The van der Waals surface area contributed by atoms with Crippen molar-refractivity contribution in [3.8, 4) is 22.4 Å². The van der Waals surface area contributed by atoms with Crippen LogP contribution in [-0.4, -0.2) is 40.3 Å². The first-order valence-corrected chi connectivity index (χ1v) is 10.2. The Hall–Kier alpha value is -3.67. The number of ether oxygens (including phenoxy) is 1. The van der Waals surface area contributed by atoms with E-state index in [9.17, 15) is 4.79 Å². The molecule has 6 heteroatoms. The monoisotopic (exact) mass is 414 g/mol. The number of anilines is 1. The second kappa shape index (κ2) is 7.87. The van der Waals surface area contributed by atoms with Crippen molar-refractivity contribution in [3.63, 3.8) is 0 Å². The van der Waals surface area contributed by atoms with E-state index in [1.807, 2.05) is 88.4 Å². The average Bonchev–Trinajstić information content (AvgIpc) is 3.12. The molecule has 0 amide bonds. The maximum absolute atomic E-state index is 13.0. The number of nitrogens with zero attached hydrogens (tertiary/aromatic N) is 4. The van der Waals surface area contributed by atoms with Gasteiger partial charge in [0.1, 0.15) is 11.4 Å².